The molecule has 0 heterocycles. The van der Waals surface area contributed by atoms with Gasteiger partial charge in [0.25, 0.3) is 0 Å². The van der Waals surface area contributed by atoms with Gasteiger partial charge in [0.05, 0.1) is 19.1 Å². The second-order valence-electron chi connectivity index (χ2n) is 6.50. The summed E-state index contributed by atoms with van der Waals surface area (Å²) in [6, 6.07) is 11.5. The molecule has 2 aromatic carbocycles. The van der Waals surface area contributed by atoms with Gasteiger partial charge in [0.2, 0.25) is 15.9 Å². The van der Waals surface area contributed by atoms with E-state index in [9.17, 15) is 13.2 Å². The number of aryl methyl sites for hydroxylation is 1. The van der Waals surface area contributed by atoms with Crippen LogP contribution in [0.5, 0.6) is 5.75 Å². The number of hydrogen-bond acceptors (Lipinski definition) is 4. The average molecular weight is 425 g/mol. The van der Waals surface area contributed by atoms with Crippen LogP contribution in [0, 0.1) is 6.92 Å². The van der Waals surface area contributed by atoms with E-state index in [2.05, 4.69) is 5.32 Å². The molecule has 152 valence electrons. The number of nitrogens with one attached hydrogen (secondary N) is 1. The maximum absolute atomic E-state index is 12.9. The molecular formula is C20H25ClN2O4S. The van der Waals surface area contributed by atoms with Crippen LogP contribution in [0.25, 0.3) is 0 Å². The Morgan fingerprint density at radius 1 is 1.21 bits per heavy atom. The number of anilines is 1. The molecule has 0 bridgehead atoms. The lowest BCUT2D eigenvalue weighted by atomic mass is 10.1. The topological polar surface area (TPSA) is 75.7 Å². The SMILES string of the molecule is CCC(C(=O)NCc1ccc(C)cc1)N(c1cc(Cl)ccc1OC)S(C)(=O)=O. The lowest BCUT2D eigenvalue weighted by Gasteiger charge is -2.31. The summed E-state index contributed by atoms with van der Waals surface area (Å²) < 4.78 is 31.5. The number of carbonyl (C=O) groups excluding carboxylic acids is 1. The first kappa shape index (κ1) is 22.0. The molecule has 1 N–H and O–H groups in total. The summed E-state index contributed by atoms with van der Waals surface area (Å²) in [5, 5.41) is 3.17. The number of hydrogen-bond donors (Lipinski definition) is 1. The van der Waals surface area contributed by atoms with Crippen molar-refractivity contribution in [2.45, 2.75) is 32.9 Å². The van der Waals surface area contributed by atoms with Crippen molar-refractivity contribution in [3.8, 4) is 5.75 Å². The molecule has 0 spiro atoms. The van der Waals surface area contributed by atoms with Crippen LogP contribution in [-0.4, -0.2) is 33.7 Å². The molecule has 2 aromatic rings. The van der Waals surface area contributed by atoms with E-state index < -0.39 is 22.0 Å². The number of sulfonamides is 1. The van der Waals surface area contributed by atoms with Gasteiger partial charge in [0.15, 0.2) is 0 Å². The minimum Gasteiger partial charge on any atom is -0.495 e. The number of benzene rings is 2. The monoisotopic (exact) mass is 424 g/mol. The zero-order valence-corrected chi connectivity index (χ0v) is 18.0. The lowest BCUT2D eigenvalue weighted by Crippen LogP contribution is -2.49. The molecule has 1 amide bonds. The Kier molecular flexibility index (Phi) is 7.32. The number of amides is 1. The maximum atomic E-state index is 12.9. The summed E-state index contributed by atoms with van der Waals surface area (Å²) in [7, 11) is -2.34. The summed E-state index contributed by atoms with van der Waals surface area (Å²) in [4.78, 5) is 12.9. The largest absolute Gasteiger partial charge is 0.495 e. The highest BCUT2D eigenvalue weighted by Crippen LogP contribution is 2.34. The molecule has 0 aliphatic rings. The second kappa shape index (κ2) is 9.30. The van der Waals surface area contributed by atoms with Crippen LogP contribution in [0.3, 0.4) is 0 Å². The van der Waals surface area contributed by atoms with Gasteiger partial charge >= 0.3 is 0 Å². The van der Waals surface area contributed by atoms with Crippen LogP contribution >= 0.6 is 11.6 Å². The Labute approximate surface area is 171 Å². The number of ether oxygens (including phenoxy) is 1. The summed E-state index contributed by atoms with van der Waals surface area (Å²) in [5.74, 6) is -0.0739. The van der Waals surface area contributed by atoms with Gasteiger partial charge in [0, 0.05) is 11.6 Å². The molecule has 0 aliphatic heterocycles. The fourth-order valence-corrected chi connectivity index (χ4v) is 4.26. The molecule has 6 nitrogen and oxygen atoms in total. The predicted octanol–water partition coefficient (Wildman–Crippen LogP) is 3.52. The van der Waals surface area contributed by atoms with Crippen molar-refractivity contribution in [1.82, 2.24) is 5.32 Å². The first-order valence-electron chi connectivity index (χ1n) is 8.83. The van der Waals surface area contributed by atoms with Gasteiger partial charge in [-0.1, -0.05) is 48.4 Å². The quantitative estimate of drug-likeness (QED) is 0.703. The van der Waals surface area contributed by atoms with Crippen LogP contribution in [0.4, 0.5) is 5.69 Å². The third-order valence-electron chi connectivity index (χ3n) is 4.30. The smallest absolute Gasteiger partial charge is 0.244 e. The van der Waals surface area contributed by atoms with Crippen molar-refractivity contribution in [2.75, 3.05) is 17.7 Å². The van der Waals surface area contributed by atoms with Crippen LogP contribution in [0.15, 0.2) is 42.5 Å². The highest BCUT2D eigenvalue weighted by Gasteiger charge is 2.33. The summed E-state index contributed by atoms with van der Waals surface area (Å²) in [5.41, 5.74) is 2.28. The zero-order valence-electron chi connectivity index (χ0n) is 16.4. The molecule has 8 heteroatoms. The van der Waals surface area contributed by atoms with Crippen LogP contribution in [0.2, 0.25) is 5.02 Å². The van der Waals surface area contributed by atoms with E-state index in [-0.39, 0.29) is 12.1 Å². The predicted molar refractivity (Wildman–Crippen MR) is 112 cm³/mol. The van der Waals surface area contributed by atoms with E-state index in [1.54, 1.807) is 19.1 Å². The van der Waals surface area contributed by atoms with Crippen molar-refractivity contribution in [2.24, 2.45) is 0 Å². The molecule has 1 unspecified atom stereocenters. The molecule has 0 aliphatic carbocycles. The Hall–Kier alpha value is -2.25. The number of rotatable bonds is 8. The summed E-state index contributed by atoms with van der Waals surface area (Å²) in [6.45, 7) is 4.04. The van der Waals surface area contributed by atoms with E-state index in [0.29, 0.717) is 17.3 Å². The first-order chi connectivity index (χ1) is 13.2. The first-order valence-corrected chi connectivity index (χ1v) is 11.1. The van der Waals surface area contributed by atoms with Gasteiger partial charge in [0.1, 0.15) is 11.8 Å². The zero-order chi connectivity index (χ0) is 20.9. The van der Waals surface area contributed by atoms with E-state index in [0.717, 1.165) is 21.7 Å². The Morgan fingerprint density at radius 3 is 2.39 bits per heavy atom. The third-order valence-corrected chi connectivity index (χ3v) is 5.70. The molecule has 1 atom stereocenters. The van der Waals surface area contributed by atoms with E-state index in [4.69, 9.17) is 16.3 Å². The summed E-state index contributed by atoms with van der Waals surface area (Å²) in [6.07, 6.45) is 1.34. The highest BCUT2D eigenvalue weighted by molar-refractivity contribution is 7.92. The van der Waals surface area contributed by atoms with E-state index >= 15 is 0 Å². The molecular weight excluding hydrogens is 400 g/mol. The number of carbonyl (C=O) groups is 1. The lowest BCUT2D eigenvalue weighted by molar-refractivity contribution is -0.122. The van der Waals surface area contributed by atoms with Crippen LogP contribution in [0.1, 0.15) is 24.5 Å². The molecule has 0 radical (unpaired) electrons. The minimum absolute atomic E-state index is 0.231. The van der Waals surface area contributed by atoms with Gasteiger partial charge in [-0.2, -0.15) is 0 Å². The van der Waals surface area contributed by atoms with Gasteiger partial charge in [-0.3, -0.25) is 9.10 Å². The van der Waals surface area contributed by atoms with Gasteiger partial charge < -0.3 is 10.1 Å². The van der Waals surface area contributed by atoms with Crippen molar-refractivity contribution in [3.63, 3.8) is 0 Å². The van der Waals surface area contributed by atoms with Gasteiger partial charge in [-0.15, -0.1) is 0 Å². The van der Waals surface area contributed by atoms with Crippen molar-refractivity contribution in [3.05, 3.63) is 58.6 Å². The van der Waals surface area contributed by atoms with E-state index in [1.165, 1.54) is 13.2 Å². The molecule has 28 heavy (non-hydrogen) atoms. The van der Waals surface area contributed by atoms with Crippen molar-refractivity contribution < 1.29 is 17.9 Å². The highest BCUT2D eigenvalue weighted by atomic mass is 35.5. The molecule has 0 aromatic heterocycles. The Morgan fingerprint density at radius 2 is 1.86 bits per heavy atom. The molecule has 0 saturated heterocycles. The van der Waals surface area contributed by atoms with Gasteiger partial charge in [-0.05, 0) is 37.1 Å². The fourth-order valence-electron chi connectivity index (χ4n) is 2.88. The van der Waals surface area contributed by atoms with Gasteiger partial charge in [-0.25, -0.2) is 8.42 Å². The maximum Gasteiger partial charge on any atom is 0.244 e. The standard InChI is InChI=1S/C20H25ClN2O4S/c1-5-17(20(24)22-13-15-8-6-14(2)7-9-15)23(28(4,25)26)18-12-16(21)10-11-19(18)27-3/h6-12,17H,5,13H2,1-4H3,(H,22,24). The number of methoxy groups -OCH3 is 1. The number of halogens is 1. The normalized spacial score (nSPS) is 12.3. The minimum atomic E-state index is -3.78. The summed E-state index contributed by atoms with van der Waals surface area (Å²) >= 11 is 6.07. The Balaban J connectivity index is 2.34. The average Bonchev–Trinajstić information content (AvgIpc) is 2.64. The second-order valence-corrected chi connectivity index (χ2v) is 8.80. The van der Waals surface area contributed by atoms with Crippen molar-refractivity contribution in [1.29, 1.82) is 0 Å². The van der Waals surface area contributed by atoms with Crippen LogP contribution < -0.4 is 14.4 Å². The molecule has 0 fully saturated rings. The molecule has 0 saturated carbocycles. The molecule has 2 rings (SSSR count). The third kappa shape index (κ3) is 5.39. The number of nitrogens with zero attached hydrogens (tertiary/aromatic N) is 1. The van der Waals surface area contributed by atoms with Crippen LogP contribution in [-0.2, 0) is 21.4 Å². The fraction of sp³-hybridized carbons (Fsp3) is 0.350. The van der Waals surface area contributed by atoms with Crippen molar-refractivity contribution >= 4 is 33.2 Å². The van der Waals surface area contributed by atoms with E-state index in [1.807, 2.05) is 31.2 Å². The Bertz CT molecular complexity index is 930.